The van der Waals surface area contributed by atoms with Crippen LogP contribution >= 0.6 is 0 Å². The van der Waals surface area contributed by atoms with Crippen LogP contribution in [0.4, 0.5) is 4.79 Å². The SMILES string of the molecule is C[C@@H](NS(=O)(=O)CCCCCN1CCC(=O)NC1=O)c1cccc(OCC(C)(C)C)c1. The molecule has 1 aromatic rings. The average molecular weight is 454 g/mol. The first-order chi connectivity index (χ1) is 14.5. The Morgan fingerprint density at radius 3 is 2.61 bits per heavy atom. The van der Waals surface area contributed by atoms with E-state index >= 15 is 0 Å². The third-order valence-electron chi connectivity index (χ3n) is 4.87. The molecule has 0 aromatic heterocycles. The lowest BCUT2D eigenvalue weighted by Crippen LogP contribution is -2.49. The summed E-state index contributed by atoms with van der Waals surface area (Å²) in [5, 5.41) is 2.28. The Morgan fingerprint density at radius 1 is 1.19 bits per heavy atom. The van der Waals surface area contributed by atoms with Crippen LogP contribution in [0.3, 0.4) is 0 Å². The van der Waals surface area contributed by atoms with Gasteiger partial charge in [0.15, 0.2) is 0 Å². The minimum Gasteiger partial charge on any atom is -0.493 e. The summed E-state index contributed by atoms with van der Waals surface area (Å²) in [4.78, 5) is 24.4. The quantitative estimate of drug-likeness (QED) is 0.501. The molecule has 1 fully saturated rings. The highest BCUT2D eigenvalue weighted by Gasteiger charge is 2.22. The summed E-state index contributed by atoms with van der Waals surface area (Å²) in [7, 11) is -3.43. The second kappa shape index (κ2) is 10.9. The maximum absolute atomic E-state index is 12.5. The zero-order valence-corrected chi connectivity index (χ0v) is 19.8. The molecular weight excluding hydrogens is 418 g/mol. The Balaban J connectivity index is 1.75. The van der Waals surface area contributed by atoms with Crippen molar-refractivity contribution in [3.63, 3.8) is 0 Å². The smallest absolute Gasteiger partial charge is 0.324 e. The maximum Gasteiger partial charge on any atom is 0.324 e. The fourth-order valence-electron chi connectivity index (χ4n) is 3.15. The predicted octanol–water partition coefficient (Wildman–Crippen LogP) is 3.20. The van der Waals surface area contributed by atoms with Gasteiger partial charge in [-0.1, -0.05) is 39.3 Å². The Hall–Kier alpha value is -2.13. The first-order valence-electron chi connectivity index (χ1n) is 10.8. The fourth-order valence-corrected chi connectivity index (χ4v) is 4.53. The predicted molar refractivity (Wildman–Crippen MR) is 120 cm³/mol. The van der Waals surface area contributed by atoms with Gasteiger partial charge in [-0.15, -0.1) is 0 Å². The van der Waals surface area contributed by atoms with Gasteiger partial charge in [0.25, 0.3) is 0 Å². The molecule has 1 atom stereocenters. The van der Waals surface area contributed by atoms with Crippen molar-refractivity contribution in [1.29, 1.82) is 0 Å². The lowest BCUT2D eigenvalue weighted by molar-refractivity contribution is -0.121. The summed E-state index contributed by atoms with van der Waals surface area (Å²) in [6.07, 6.45) is 2.19. The highest BCUT2D eigenvalue weighted by Crippen LogP contribution is 2.22. The molecule has 0 bridgehead atoms. The zero-order valence-electron chi connectivity index (χ0n) is 18.9. The van der Waals surface area contributed by atoms with E-state index in [1.54, 1.807) is 4.90 Å². The molecule has 1 aromatic carbocycles. The number of rotatable bonds is 11. The number of urea groups is 1. The normalized spacial score (nSPS) is 16.2. The van der Waals surface area contributed by atoms with Crippen LogP contribution in [0.5, 0.6) is 5.75 Å². The molecule has 8 nitrogen and oxygen atoms in total. The molecule has 9 heteroatoms. The van der Waals surface area contributed by atoms with Gasteiger partial charge in [-0.2, -0.15) is 0 Å². The van der Waals surface area contributed by atoms with Gasteiger partial charge in [0.1, 0.15) is 5.75 Å². The Morgan fingerprint density at radius 2 is 1.94 bits per heavy atom. The van der Waals surface area contributed by atoms with E-state index in [0.717, 1.165) is 11.3 Å². The van der Waals surface area contributed by atoms with Gasteiger partial charge in [0.05, 0.1) is 12.4 Å². The highest BCUT2D eigenvalue weighted by atomic mass is 32.2. The van der Waals surface area contributed by atoms with Gasteiger partial charge in [-0.3, -0.25) is 10.1 Å². The van der Waals surface area contributed by atoms with Crippen molar-refractivity contribution < 1.29 is 22.7 Å². The van der Waals surface area contributed by atoms with Crippen molar-refractivity contribution in [1.82, 2.24) is 14.9 Å². The van der Waals surface area contributed by atoms with E-state index in [1.165, 1.54) is 0 Å². The van der Waals surface area contributed by atoms with Gasteiger partial charge in [-0.05, 0) is 42.9 Å². The van der Waals surface area contributed by atoms with E-state index in [0.29, 0.717) is 45.4 Å². The molecular formula is C22H35N3O5S. The molecule has 0 radical (unpaired) electrons. The molecule has 0 unspecified atom stereocenters. The number of carbonyl (C=O) groups is 2. The van der Waals surface area contributed by atoms with E-state index in [1.807, 2.05) is 31.2 Å². The van der Waals surface area contributed by atoms with Crippen LogP contribution in [0.15, 0.2) is 24.3 Å². The van der Waals surface area contributed by atoms with Gasteiger partial charge < -0.3 is 9.64 Å². The van der Waals surface area contributed by atoms with Gasteiger partial charge in [-0.25, -0.2) is 17.9 Å². The molecule has 0 spiro atoms. The monoisotopic (exact) mass is 453 g/mol. The summed E-state index contributed by atoms with van der Waals surface area (Å²) in [5.41, 5.74) is 0.888. The number of amides is 3. The number of nitrogens with zero attached hydrogens (tertiary/aromatic N) is 1. The third kappa shape index (κ3) is 9.26. The Labute approximate surface area is 185 Å². The molecule has 0 saturated carbocycles. The number of ether oxygens (including phenoxy) is 1. The van der Waals surface area contributed by atoms with E-state index in [4.69, 9.17) is 4.74 Å². The maximum atomic E-state index is 12.5. The summed E-state index contributed by atoms with van der Waals surface area (Å²) in [6.45, 7) is 9.61. The Kier molecular flexibility index (Phi) is 8.88. The first-order valence-corrected chi connectivity index (χ1v) is 12.4. The molecule has 3 amide bonds. The third-order valence-corrected chi connectivity index (χ3v) is 6.41. The van der Waals surface area contributed by atoms with Crippen LogP contribution in [-0.4, -0.2) is 50.7 Å². The van der Waals surface area contributed by atoms with Gasteiger partial charge in [0.2, 0.25) is 15.9 Å². The number of nitrogens with one attached hydrogen (secondary N) is 2. The molecule has 0 aliphatic carbocycles. The van der Waals surface area contributed by atoms with Crippen molar-refractivity contribution in [2.75, 3.05) is 25.4 Å². The number of imide groups is 1. The first kappa shape index (κ1) is 25.1. The van der Waals surface area contributed by atoms with E-state index in [9.17, 15) is 18.0 Å². The van der Waals surface area contributed by atoms with Crippen LogP contribution in [0.1, 0.15) is 65.0 Å². The topological polar surface area (TPSA) is 105 Å². The molecule has 2 N–H and O–H groups in total. The summed E-state index contributed by atoms with van der Waals surface area (Å²) in [6, 6.07) is 6.75. The number of carbonyl (C=O) groups excluding carboxylic acids is 2. The summed E-state index contributed by atoms with van der Waals surface area (Å²) < 4.78 is 33.5. The van der Waals surface area contributed by atoms with Crippen LogP contribution in [0, 0.1) is 5.41 Å². The molecule has 174 valence electrons. The average Bonchev–Trinajstić information content (AvgIpc) is 2.67. The molecule has 1 heterocycles. The lowest BCUT2D eigenvalue weighted by atomic mass is 9.99. The molecule has 1 aliphatic heterocycles. The van der Waals surface area contributed by atoms with Crippen molar-refractivity contribution in [3.05, 3.63) is 29.8 Å². The van der Waals surface area contributed by atoms with Crippen LogP contribution in [-0.2, 0) is 14.8 Å². The highest BCUT2D eigenvalue weighted by molar-refractivity contribution is 7.89. The lowest BCUT2D eigenvalue weighted by Gasteiger charge is -2.26. The minimum atomic E-state index is -3.43. The zero-order chi connectivity index (χ0) is 23.1. The van der Waals surface area contributed by atoms with E-state index in [-0.39, 0.29) is 29.1 Å². The van der Waals surface area contributed by atoms with E-state index < -0.39 is 10.0 Å². The minimum absolute atomic E-state index is 0.0300. The summed E-state index contributed by atoms with van der Waals surface area (Å²) >= 11 is 0. The molecule has 1 aliphatic rings. The molecule has 1 saturated heterocycles. The van der Waals surface area contributed by atoms with Crippen LogP contribution in [0.2, 0.25) is 0 Å². The molecule has 31 heavy (non-hydrogen) atoms. The van der Waals surface area contributed by atoms with Crippen molar-refractivity contribution in [2.24, 2.45) is 5.41 Å². The number of unbranched alkanes of at least 4 members (excludes halogenated alkanes) is 2. The number of hydrogen-bond acceptors (Lipinski definition) is 5. The standard InChI is InChI=1S/C22H35N3O5S/c1-17(18-9-8-10-19(15-18)30-16-22(2,3)4)24-31(28,29)14-7-5-6-12-25-13-11-20(26)23-21(25)27/h8-10,15,17,24H,5-7,11-14,16H2,1-4H3,(H,23,26,27)/t17-/m1/s1. The van der Waals surface area contributed by atoms with Crippen molar-refractivity contribution in [3.8, 4) is 5.75 Å². The second-order valence-electron chi connectivity index (χ2n) is 9.23. The largest absolute Gasteiger partial charge is 0.493 e. The summed E-state index contributed by atoms with van der Waals surface area (Å²) in [5.74, 6) is 0.503. The number of sulfonamides is 1. The second-order valence-corrected chi connectivity index (χ2v) is 11.1. The number of benzene rings is 1. The van der Waals surface area contributed by atoms with Crippen LogP contribution < -0.4 is 14.8 Å². The van der Waals surface area contributed by atoms with Crippen molar-refractivity contribution in [2.45, 2.75) is 59.4 Å². The van der Waals surface area contributed by atoms with Crippen molar-refractivity contribution >= 4 is 22.0 Å². The molecule has 2 rings (SSSR count). The van der Waals surface area contributed by atoms with Gasteiger partial charge >= 0.3 is 6.03 Å². The van der Waals surface area contributed by atoms with E-state index in [2.05, 4.69) is 30.8 Å². The number of hydrogen-bond donors (Lipinski definition) is 2. The fraction of sp³-hybridized carbons (Fsp3) is 0.636. The van der Waals surface area contributed by atoms with Crippen LogP contribution in [0.25, 0.3) is 0 Å². The Bertz CT molecular complexity index is 864. The van der Waals surface area contributed by atoms with Gasteiger partial charge in [0, 0.05) is 25.6 Å².